The largest absolute Gasteiger partial charge is 0.480 e. The summed E-state index contributed by atoms with van der Waals surface area (Å²) >= 11 is 0. The molecule has 0 aromatic carbocycles. The summed E-state index contributed by atoms with van der Waals surface area (Å²) in [5.74, 6) is -1.29. The van der Waals surface area contributed by atoms with Crippen LogP contribution in [-0.2, 0) is 9.59 Å². The summed E-state index contributed by atoms with van der Waals surface area (Å²) < 4.78 is 6.83. The molecule has 0 fully saturated rings. The van der Waals surface area contributed by atoms with Crippen LogP contribution in [-0.4, -0.2) is 23.0 Å². The molecule has 70 valence electrons. The van der Waals surface area contributed by atoms with Gasteiger partial charge >= 0.3 is 5.97 Å². The minimum Gasteiger partial charge on any atom is -0.480 e. The van der Waals surface area contributed by atoms with Gasteiger partial charge in [-0.25, -0.2) is 0 Å². The number of rotatable bonds is 5. The number of unbranched alkanes of at least 4 members (excludes halogenated alkanes) is 1. The Kier molecular flexibility index (Phi) is 4.19. The molecule has 0 aromatic rings. The molecule has 0 aliphatic heterocycles. The number of nitrogens with one attached hydrogen (secondary N) is 1. The lowest BCUT2D eigenvalue weighted by atomic mass is 10.2. The van der Waals surface area contributed by atoms with E-state index in [9.17, 15) is 9.59 Å². The third-order valence-corrected chi connectivity index (χ3v) is 1.40. The molecule has 1 amide bonds. The van der Waals surface area contributed by atoms with E-state index in [4.69, 9.17) is 6.48 Å². The molecule has 0 aliphatic carbocycles. The van der Waals surface area contributed by atoms with Crippen LogP contribution in [0.25, 0.3) is 0 Å². The van der Waals surface area contributed by atoms with E-state index >= 15 is 0 Å². The Morgan fingerprint density at radius 1 is 1.67 bits per heavy atom. The van der Waals surface area contributed by atoms with Gasteiger partial charge in [0.05, 0.1) is 0 Å². The zero-order valence-corrected chi connectivity index (χ0v) is 7.17. The molecular weight excluding hydrogens is 158 g/mol. The number of carboxylic acid groups (broad SMARTS) is 1. The summed E-state index contributed by atoms with van der Waals surface area (Å²) in [5, 5.41) is 10.8. The zero-order chi connectivity index (χ0) is 10.3. The van der Waals surface area contributed by atoms with Crippen LogP contribution in [0.2, 0.25) is 0 Å². The first-order valence-corrected chi connectivity index (χ1v) is 3.89. The molecule has 0 heterocycles. The van der Waals surface area contributed by atoms with E-state index < -0.39 is 12.0 Å². The van der Waals surface area contributed by atoms with Crippen LogP contribution in [0.3, 0.4) is 0 Å². The van der Waals surface area contributed by atoms with Gasteiger partial charge in [0.2, 0.25) is 5.91 Å². The highest BCUT2D eigenvalue weighted by molar-refractivity contribution is 5.83. The first-order chi connectivity index (χ1) is 6.07. The van der Waals surface area contributed by atoms with E-state index in [1.807, 2.05) is 0 Å². The van der Waals surface area contributed by atoms with Crippen molar-refractivity contribution in [2.45, 2.75) is 39.1 Å². The third-order valence-electron chi connectivity index (χ3n) is 1.40. The van der Waals surface area contributed by atoms with Crippen molar-refractivity contribution >= 4 is 11.9 Å². The van der Waals surface area contributed by atoms with E-state index in [0.29, 0.717) is 26.2 Å². The number of hydrogen-bond acceptors (Lipinski definition) is 2. The standard InChI is InChI=1S/C8H15NO3/c1-3-4-5-7(10)9-6(2)8(11)12/h6H,3-5H2,1-2H3,(H,9,10)(H,11,12)/t6-/m0/s1/i1D. The van der Waals surface area contributed by atoms with E-state index in [1.54, 1.807) is 0 Å². The van der Waals surface area contributed by atoms with Gasteiger partial charge in [0.25, 0.3) is 0 Å². The molecule has 0 unspecified atom stereocenters. The molecule has 0 rings (SSSR count). The van der Waals surface area contributed by atoms with Gasteiger partial charge in [-0.2, -0.15) is 0 Å². The maximum atomic E-state index is 11.0. The fourth-order valence-electron chi connectivity index (χ4n) is 0.661. The van der Waals surface area contributed by atoms with Crippen molar-refractivity contribution in [3.63, 3.8) is 0 Å². The molecule has 4 heteroatoms. The summed E-state index contributed by atoms with van der Waals surface area (Å²) in [6, 6.07) is -0.830. The van der Waals surface area contributed by atoms with E-state index in [2.05, 4.69) is 5.32 Å². The first-order valence-electron chi connectivity index (χ1n) is 4.60. The van der Waals surface area contributed by atoms with Crippen molar-refractivity contribution < 1.29 is 16.1 Å². The normalized spacial score (nSPS) is 13.2. The highest BCUT2D eigenvalue weighted by atomic mass is 16.4. The summed E-state index contributed by atoms with van der Waals surface area (Å²) in [6.45, 7) is 1.73. The Hall–Kier alpha value is -1.06. The fourth-order valence-corrected chi connectivity index (χ4v) is 0.661. The second kappa shape index (κ2) is 5.57. The monoisotopic (exact) mass is 174 g/mol. The Bertz CT molecular complexity index is 184. The molecule has 0 radical (unpaired) electrons. The highest BCUT2D eigenvalue weighted by Crippen LogP contribution is 1.94. The van der Waals surface area contributed by atoms with Crippen molar-refractivity contribution in [3.05, 3.63) is 0 Å². The second-order valence-electron chi connectivity index (χ2n) is 2.58. The molecule has 0 bridgehead atoms. The Morgan fingerprint density at radius 3 is 2.83 bits per heavy atom. The average Bonchev–Trinajstić information content (AvgIpc) is 2.04. The molecular formula is C8H15NO3. The maximum absolute atomic E-state index is 11.0. The predicted octanol–water partition coefficient (Wildman–Crippen LogP) is 0.766. The van der Waals surface area contributed by atoms with Gasteiger partial charge < -0.3 is 10.4 Å². The fraction of sp³-hybridized carbons (Fsp3) is 0.750. The van der Waals surface area contributed by atoms with Crippen molar-refractivity contribution in [1.29, 1.82) is 0 Å². The lowest BCUT2D eigenvalue weighted by Gasteiger charge is -2.07. The lowest BCUT2D eigenvalue weighted by Crippen LogP contribution is -2.38. The molecule has 0 aromatic heterocycles. The molecule has 1 atom stereocenters. The number of carboxylic acids is 1. The molecule has 2 N–H and O–H groups in total. The van der Waals surface area contributed by atoms with Crippen molar-refractivity contribution in [2.75, 3.05) is 0 Å². The zero-order valence-electron chi connectivity index (χ0n) is 8.17. The van der Waals surface area contributed by atoms with Crippen molar-refractivity contribution in [3.8, 4) is 0 Å². The molecule has 4 nitrogen and oxygen atoms in total. The Morgan fingerprint density at radius 2 is 2.33 bits per heavy atom. The minimum absolute atomic E-state index is 0.261. The van der Waals surface area contributed by atoms with Gasteiger partial charge in [0.1, 0.15) is 6.04 Å². The van der Waals surface area contributed by atoms with Gasteiger partial charge in [-0.1, -0.05) is 13.3 Å². The minimum atomic E-state index is -1.03. The topological polar surface area (TPSA) is 66.4 Å². The number of hydrogen-bond donors (Lipinski definition) is 2. The Balaban J connectivity index is 3.56. The van der Waals surface area contributed by atoms with Crippen LogP contribution in [0.1, 0.15) is 34.5 Å². The van der Waals surface area contributed by atoms with E-state index in [0.717, 1.165) is 0 Å². The number of aliphatic carboxylic acids is 1. The van der Waals surface area contributed by atoms with Crippen molar-refractivity contribution in [2.24, 2.45) is 0 Å². The van der Waals surface area contributed by atoms with Gasteiger partial charge in [-0.15, -0.1) is 0 Å². The molecule has 0 aliphatic rings. The number of carbonyl (C=O) groups is 2. The summed E-state index contributed by atoms with van der Waals surface area (Å²) in [4.78, 5) is 21.3. The summed E-state index contributed by atoms with van der Waals surface area (Å²) in [5.41, 5.74) is 0. The first kappa shape index (κ1) is 9.03. The van der Waals surface area contributed by atoms with Gasteiger partial charge in [-0.05, 0) is 13.3 Å². The molecule has 0 spiro atoms. The third kappa shape index (κ3) is 4.71. The lowest BCUT2D eigenvalue weighted by molar-refractivity contribution is -0.141. The quantitative estimate of drug-likeness (QED) is 0.605. The molecule has 0 saturated heterocycles. The van der Waals surface area contributed by atoms with Crippen LogP contribution in [0.5, 0.6) is 0 Å². The smallest absolute Gasteiger partial charge is 0.325 e. The van der Waals surface area contributed by atoms with Gasteiger partial charge in [0.15, 0.2) is 0 Å². The van der Waals surface area contributed by atoms with Crippen LogP contribution in [0, 0.1) is 0 Å². The predicted molar refractivity (Wildman–Crippen MR) is 44.8 cm³/mol. The molecule has 0 saturated carbocycles. The number of carbonyl (C=O) groups excluding carboxylic acids is 1. The average molecular weight is 174 g/mol. The van der Waals surface area contributed by atoms with E-state index in [1.165, 1.54) is 6.92 Å². The SMILES string of the molecule is [2H]CCCCC(=O)N[C@@H](C)C(=O)O. The van der Waals surface area contributed by atoms with Crippen LogP contribution >= 0.6 is 0 Å². The summed E-state index contributed by atoms with van der Waals surface area (Å²) in [6.07, 6.45) is 1.62. The van der Waals surface area contributed by atoms with Crippen molar-refractivity contribution in [1.82, 2.24) is 5.32 Å². The van der Waals surface area contributed by atoms with Crippen LogP contribution in [0.4, 0.5) is 0 Å². The van der Waals surface area contributed by atoms with E-state index in [-0.39, 0.29) is 5.91 Å². The highest BCUT2D eigenvalue weighted by Gasteiger charge is 2.12. The maximum Gasteiger partial charge on any atom is 0.325 e. The number of amides is 1. The van der Waals surface area contributed by atoms with Crippen LogP contribution < -0.4 is 5.32 Å². The van der Waals surface area contributed by atoms with Gasteiger partial charge in [-0.3, -0.25) is 9.59 Å². The second-order valence-corrected chi connectivity index (χ2v) is 2.58. The van der Waals surface area contributed by atoms with Crippen LogP contribution in [0.15, 0.2) is 0 Å². The molecule has 12 heavy (non-hydrogen) atoms. The van der Waals surface area contributed by atoms with Gasteiger partial charge in [0, 0.05) is 7.79 Å². The summed E-state index contributed by atoms with van der Waals surface area (Å²) in [7, 11) is 0. The Labute approximate surface area is 73.4 Å².